The van der Waals surface area contributed by atoms with E-state index >= 15 is 0 Å². The van der Waals surface area contributed by atoms with Crippen molar-refractivity contribution in [2.45, 2.75) is 13.0 Å². The molecule has 0 fully saturated rings. The van der Waals surface area contributed by atoms with Gasteiger partial charge in [-0.1, -0.05) is 13.0 Å². The summed E-state index contributed by atoms with van der Waals surface area (Å²) in [6.07, 6.45) is 0. The highest BCUT2D eigenvalue weighted by atomic mass is 19.2. The molecule has 4 nitrogen and oxygen atoms in total. The summed E-state index contributed by atoms with van der Waals surface area (Å²) in [7, 11) is 1.50. The fraction of sp³-hybridized carbons (Fsp3) is 0.286. The molecule has 1 aromatic heterocycles. The summed E-state index contributed by atoms with van der Waals surface area (Å²) in [6.45, 7) is 2.57. The molecule has 1 heterocycles. The number of rotatable bonds is 5. The lowest BCUT2D eigenvalue weighted by Gasteiger charge is -2.17. The molecule has 0 amide bonds. The minimum Gasteiger partial charge on any atom is -0.480 e. The SMILES string of the molecule is CCNC(c1ccc(F)c(F)c1)c1ccc(OC)nn1. The molecule has 0 aliphatic heterocycles. The van der Waals surface area contributed by atoms with Gasteiger partial charge in [-0.3, -0.25) is 0 Å². The van der Waals surface area contributed by atoms with Crippen LogP contribution in [0.15, 0.2) is 30.3 Å². The molecule has 0 aliphatic rings. The van der Waals surface area contributed by atoms with Gasteiger partial charge in [0.2, 0.25) is 5.88 Å². The summed E-state index contributed by atoms with van der Waals surface area (Å²) in [5.74, 6) is -1.36. The maximum atomic E-state index is 13.4. The van der Waals surface area contributed by atoms with E-state index in [1.807, 2.05) is 6.92 Å². The van der Waals surface area contributed by atoms with Crippen molar-refractivity contribution >= 4 is 0 Å². The lowest BCUT2D eigenvalue weighted by molar-refractivity contribution is 0.390. The molecule has 0 bridgehead atoms. The zero-order valence-electron chi connectivity index (χ0n) is 11.2. The number of halogens is 2. The molecule has 2 aromatic rings. The Bertz CT molecular complexity index is 575. The highest BCUT2D eigenvalue weighted by Crippen LogP contribution is 2.22. The number of aromatic nitrogens is 2. The fourth-order valence-corrected chi connectivity index (χ4v) is 1.88. The molecule has 0 aliphatic carbocycles. The third-order valence-corrected chi connectivity index (χ3v) is 2.85. The fourth-order valence-electron chi connectivity index (χ4n) is 1.88. The van der Waals surface area contributed by atoms with Crippen LogP contribution in [0.2, 0.25) is 0 Å². The Labute approximate surface area is 115 Å². The third kappa shape index (κ3) is 3.08. The van der Waals surface area contributed by atoms with Crippen molar-refractivity contribution in [2.75, 3.05) is 13.7 Å². The summed E-state index contributed by atoms with van der Waals surface area (Å²) in [4.78, 5) is 0. The number of nitrogens with zero attached hydrogens (tertiary/aromatic N) is 2. The lowest BCUT2D eigenvalue weighted by Crippen LogP contribution is -2.23. The minimum atomic E-state index is -0.883. The van der Waals surface area contributed by atoms with Gasteiger partial charge in [-0.25, -0.2) is 8.78 Å². The smallest absolute Gasteiger partial charge is 0.233 e. The zero-order valence-corrected chi connectivity index (χ0v) is 11.2. The van der Waals surface area contributed by atoms with Crippen LogP contribution < -0.4 is 10.1 Å². The number of benzene rings is 1. The molecule has 1 atom stereocenters. The lowest BCUT2D eigenvalue weighted by atomic mass is 10.0. The van der Waals surface area contributed by atoms with Gasteiger partial charge in [0, 0.05) is 6.07 Å². The molecule has 0 radical (unpaired) electrons. The molecule has 106 valence electrons. The Balaban J connectivity index is 2.35. The highest BCUT2D eigenvalue weighted by Gasteiger charge is 2.17. The van der Waals surface area contributed by atoms with E-state index in [4.69, 9.17) is 4.74 Å². The molecule has 0 saturated carbocycles. The van der Waals surface area contributed by atoms with E-state index in [0.29, 0.717) is 23.7 Å². The highest BCUT2D eigenvalue weighted by molar-refractivity contribution is 5.29. The maximum Gasteiger partial charge on any atom is 0.233 e. The van der Waals surface area contributed by atoms with E-state index in [1.165, 1.54) is 13.2 Å². The van der Waals surface area contributed by atoms with E-state index in [1.54, 1.807) is 12.1 Å². The van der Waals surface area contributed by atoms with Crippen molar-refractivity contribution in [3.63, 3.8) is 0 Å². The van der Waals surface area contributed by atoms with Crippen LogP contribution in [0, 0.1) is 11.6 Å². The Morgan fingerprint density at radius 2 is 1.95 bits per heavy atom. The van der Waals surface area contributed by atoms with Gasteiger partial charge in [-0.2, -0.15) is 0 Å². The number of hydrogen-bond donors (Lipinski definition) is 1. The maximum absolute atomic E-state index is 13.4. The molecular formula is C14H15F2N3O. The van der Waals surface area contributed by atoms with E-state index in [2.05, 4.69) is 15.5 Å². The first-order valence-corrected chi connectivity index (χ1v) is 6.21. The monoisotopic (exact) mass is 279 g/mol. The first kappa shape index (κ1) is 14.3. The van der Waals surface area contributed by atoms with Crippen molar-refractivity contribution in [1.29, 1.82) is 0 Å². The summed E-state index contributed by atoms with van der Waals surface area (Å²) >= 11 is 0. The van der Waals surface area contributed by atoms with Crippen LogP contribution in [0.4, 0.5) is 8.78 Å². The number of hydrogen-bond acceptors (Lipinski definition) is 4. The summed E-state index contributed by atoms with van der Waals surface area (Å²) in [6, 6.07) is 6.85. The normalized spacial score (nSPS) is 12.2. The van der Waals surface area contributed by atoms with Gasteiger partial charge >= 0.3 is 0 Å². The van der Waals surface area contributed by atoms with Crippen LogP contribution in [0.1, 0.15) is 24.2 Å². The van der Waals surface area contributed by atoms with Gasteiger partial charge < -0.3 is 10.1 Å². The second kappa shape index (κ2) is 6.38. The molecule has 20 heavy (non-hydrogen) atoms. The Morgan fingerprint density at radius 3 is 2.50 bits per heavy atom. The topological polar surface area (TPSA) is 47.0 Å². The van der Waals surface area contributed by atoms with Crippen LogP contribution in [-0.2, 0) is 0 Å². The molecular weight excluding hydrogens is 264 g/mol. The molecule has 1 aromatic carbocycles. The zero-order chi connectivity index (χ0) is 14.5. The van der Waals surface area contributed by atoms with E-state index < -0.39 is 11.6 Å². The average Bonchev–Trinajstić information content (AvgIpc) is 2.48. The second-order valence-electron chi connectivity index (χ2n) is 4.16. The Morgan fingerprint density at radius 1 is 1.15 bits per heavy atom. The predicted molar refractivity (Wildman–Crippen MR) is 70.5 cm³/mol. The first-order chi connectivity index (χ1) is 9.65. The van der Waals surface area contributed by atoms with Crippen molar-refractivity contribution in [2.24, 2.45) is 0 Å². The number of ether oxygens (including phenoxy) is 1. The molecule has 2 rings (SSSR count). The van der Waals surface area contributed by atoms with Gasteiger partial charge in [0.25, 0.3) is 0 Å². The summed E-state index contributed by atoms with van der Waals surface area (Å²) in [5, 5.41) is 11.1. The van der Waals surface area contributed by atoms with E-state index in [0.717, 1.165) is 12.1 Å². The second-order valence-corrected chi connectivity index (χ2v) is 4.16. The van der Waals surface area contributed by atoms with Crippen LogP contribution in [-0.4, -0.2) is 23.9 Å². The van der Waals surface area contributed by atoms with Gasteiger partial charge in [-0.15, -0.1) is 10.2 Å². The van der Waals surface area contributed by atoms with Crippen molar-refractivity contribution in [3.05, 3.63) is 53.2 Å². The van der Waals surface area contributed by atoms with Crippen molar-refractivity contribution < 1.29 is 13.5 Å². The van der Waals surface area contributed by atoms with Crippen LogP contribution >= 0.6 is 0 Å². The average molecular weight is 279 g/mol. The van der Waals surface area contributed by atoms with E-state index in [-0.39, 0.29) is 6.04 Å². The van der Waals surface area contributed by atoms with Gasteiger partial charge in [0.1, 0.15) is 0 Å². The van der Waals surface area contributed by atoms with Gasteiger partial charge in [0.15, 0.2) is 11.6 Å². The van der Waals surface area contributed by atoms with Crippen LogP contribution in [0.25, 0.3) is 0 Å². The van der Waals surface area contributed by atoms with Crippen molar-refractivity contribution in [1.82, 2.24) is 15.5 Å². The quantitative estimate of drug-likeness (QED) is 0.913. The van der Waals surface area contributed by atoms with Crippen LogP contribution in [0.3, 0.4) is 0 Å². The minimum absolute atomic E-state index is 0.353. The van der Waals surface area contributed by atoms with Gasteiger partial charge in [-0.05, 0) is 30.3 Å². The molecule has 1 N–H and O–H groups in total. The third-order valence-electron chi connectivity index (χ3n) is 2.85. The molecule has 6 heteroatoms. The number of methoxy groups -OCH3 is 1. The van der Waals surface area contributed by atoms with Crippen molar-refractivity contribution in [3.8, 4) is 5.88 Å². The first-order valence-electron chi connectivity index (χ1n) is 6.21. The summed E-state index contributed by atoms with van der Waals surface area (Å²) < 4.78 is 31.3. The summed E-state index contributed by atoms with van der Waals surface area (Å²) in [5.41, 5.74) is 1.20. The molecule has 0 saturated heterocycles. The molecule has 1 unspecified atom stereocenters. The molecule has 0 spiro atoms. The predicted octanol–water partition coefficient (Wildman–Crippen LogP) is 2.46. The number of nitrogens with one attached hydrogen (secondary N) is 1. The largest absolute Gasteiger partial charge is 0.480 e. The van der Waals surface area contributed by atoms with E-state index in [9.17, 15) is 8.78 Å². The Kier molecular flexibility index (Phi) is 4.57. The van der Waals surface area contributed by atoms with Gasteiger partial charge in [0.05, 0.1) is 18.8 Å². The standard InChI is InChI=1S/C14H15F2N3O/c1-3-17-14(9-4-5-10(15)11(16)8-9)12-6-7-13(20-2)19-18-12/h4-8,14,17H,3H2,1-2H3. The Hall–Kier alpha value is -2.08. The van der Waals surface area contributed by atoms with Crippen LogP contribution in [0.5, 0.6) is 5.88 Å².